The summed E-state index contributed by atoms with van der Waals surface area (Å²) in [5.74, 6) is 0.314. The van der Waals surface area contributed by atoms with Gasteiger partial charge in [0.25, 0.3) is 0 Å². The maximum Gasteiger partial charge on any atom is 0.207 e. The van der Waals surface area contributed by atoms with Crippen LogP contribution in [0, 0.1) is 5.41 Å². The van der Waals surface area contributed by atoms with Gasteiger partial charge in [-0.25, -0.2) is 0 Å². The Kier molecular flexibility index (Phi) is 8.18. The molecule has 0 bridgehead atoms. The molecule has 0 radical (unpaired) electrons. The molecule has 132 valence electrons. The average Bonchev–Trinajstić information content (AvgIpc) is 2.65. The number of carbonyl (C=O) groups excluding carboxylic acids is 1. The highest BCUT2D eigenvalue weighted by Crippen LogP contribution is 2.26. The maximum atomic E-state index is 10.3. The third kappa shape index (κ3) is 7.16. The molecule has 1 aromatic rings. The second-order valence-electron chi connectivity index (χ2n) is 6.09. The summed E-state index contributed by atoms with van der Waals surface area (Å²) in [4.78, 5) is 14.4. The first-order valence-corrected chi connectivity index (χ1v) is 8.75. The van der Waals surface area contributed by atoms with Gasteiger partial charge in [0.1, 0.15) is 0 Å². The quantitative estimate of drug-likeness (QED) is 0.328. The number of hydrogen-bond acceptors (Lipinski definition) is 4. The van der Waals surface area contributed by atoms with Crippen LogP contribution in [0.3, 0.4) is 0 Å². The Morgan fingerprint density at radius 1 is 1.24 bits per heavy atom. The van der Waals surface area contributed by atoms with E-state index in [9.17, 15) is 4.79 Å². The summed E-state index contributed by atoms with van der Waals surface area (Å²) in [6, 6.07) is 4.08. The minimum Gasteiger partial charge on any atom is -0.362 e. The van der Waals surface area contributed by atoms with Gasteiger partial charge in [0.2, 0.25) is 6.41 Å². The molecule has 5 nitrogen and oxygen atoms in total. The van der Waals surface area contributed by atoms with Crippen LogP contribution in [-0.4, -0.2) is 23.7 Å². The molecule has 2 heterocycles. The van der Waals surface area contributed by atoms with E-state index in [1.54, 1.807) is 0 Å². The van der Waals surface area contributed by atoms with Gasteiger partial charge in [-0.15, -0.1) is 0 Å². The van der Waals surface area contributed by atoms with E-state index in [1.165, 1.54) is 5.56 Å². The van der Waals surface area contributed by atoms with Crippen LogP contribution in [0.15, 0.2) is 60.7 Å². The Bertz CT molecular complexity index is 634. The van der Waals surface area contributed by atoms with Crippen LogP contribution < -0.4 is 10.6 Å². The lowest BCUT2D eigenvalue weighted by molar-refractivity contribution is -0.109. The van der Waals surface area contributed by atoms with Gasteiger partial charge < -0.3 is 16.0 Å². The Hall–Kier alpha value is -2.69. The number of allylic oxidation sites excluding steroid dienone is 4. The van der Waals surface area contributed by atoms with E-state index in [-0.39, 0.29) is 0 Å². The number of unbranched alkanes of at least 4 members (excludes halogenated alkanes) is 2. The van der Waals surface area contributed by atoms with E-state index < -0.39 is 0 Å². The molecular weight excluding hydrogens is 312 g/mol. The first kappa shape index (κ1) is 18.6. The molecular formula is C20H26N4O. The molecule has 0 aromatic carbocycles. The van der Waals surface area contributed by atoms with Gasteiger partial charge >= 0.3 is 0 Å². The smallest absolute Gasteiger partial charge is 0.207 e. The molecule has 1 aliphatic rings. The van der Waals surface area contributed by atoms with Crippen molar-refractivity contribution in [3.63, 3.8) is 0 Å². The van der Waals surface area contributed by atoms with Gasteiger partial charge in [-0.2, -0.15) is 0 Å². The number of dihydropyridines is 1. The Morgan fingerprint density at radius 3 is 2.80 bits per heavy atom. The van der Waals surface area contributed by atoms with E-state index in [2.05, 4.69) is 15.6 Å². The molecule has 1 amide bonds. The second kappa shape index (κ2) is 11.0. The minimum absolute atomic E-state index is 0.314. The Morgan fingerprint density at radius 2 is 2.08 bits per heavy atom. The van der Waals surface area contributed by atoms with Crippen molar-refractivity contribution in [1.82, 2.24) is 15.6 Å². The van der Waals surface area contributed by atoms with Crippen molar-refractivity contribution in [2.24, 2.45) is 0 Å². The lowest BCUT2D eigenvalue weighted by Gasteiger charge is -2.17. The van der Waals surface area contributed by atoms with Crippen LogP contribution in [0.5, 0.6) is 0 Å². The van der Waals surface area contributed by atoms with Crippen molar-refractivity contribution in [3.05, 3.63) is 66.3 Å². The molecule has 0 spiro atoms. The third-order valence-electron chi connectivity index (χ3n) is 4.16. The molecule has 1 aliphatic heterocycles. The molecule has 0 fully saturated rings. The topological polar surface area (TPSA) is 77.9 Å². The zero-order valence-electron chi connectivity index (χ0n) is 14.4. The van der Waals surface area contributed by atoms with E-state index in [0.29, 0.717) is 18.1 Å². The number of nitrogens with zero attached hydrogens (tertiary/aromatic N) is 1. The summed E-state index contributed by atoms with van der Waals surface area (Å²) in [5.41, 5.74) is 2.80. The summed E-state index contributed by atoms with van der Waals surface area (Å²) in [6.45, 7) is 0.733. The zero-order chi connectivity index (χ0) is 17.7. The number of aromatic nitrogens is 1. The summed E-state index contributed by atoms with van der Waals surface area (Å²) < 4.78 is 0. The van der Waals surface area contributed by atoms with Crippen LogP contribution >= 0.6 is 0 Å². The molecule has 3 N–H and O–H groups in total. The second-order valence-corrected chi connectivity index (χ2v) is 6.09. The number of hydrogen-bond donors (Lipinski definition) is 3. The van der Waals surface area contributed by atoms with E-state index >= 15 is 0 Å². The number of rotatable bonds is 11. The van der Waals surface area contributed by atoms with Gasteiger partial charge in [-0.05, 0) is 61.1 Å². The fourth-order valence-corrected chi connectivity index (χ4v) is 2.88. The standard InChI is InChI=1S/C20H26N4O/c21-19(15-20-7-3-5-11-24-20)14-18(17-8-12-22-13-9-17)6-2-1-4-10-23-16-25/h3,5,7-9,11-13,15-16,18,21,24H,1-2,4,6,10,14H2,(H,23,25)/b20-15-,21-19?. The monoisotopic (exact) mass is 338 g/mol. The molecule has 1 aromatic heterocycles. The maximum absolute atomic E-state index is 10.3. The molecule has 0 saturated carbocycles. The summed E-state index contributed by atoms with van der Waals surface area (Å²) in [6.07, 6.45) is 18.9. The van der Waals surface area contributed by atoms with Gasteiger partial charge in [0.05, 0.1) is 0 Å². The van der Waals surface area contributed by atoms with Gasteiger partial charge in [0, 0.05) is 36.5 Å². The summed E-state index contributed by atoms with van der Waals surface area (Å²) in [5, 5.41) is 14.2. The lowest BCUT2D eigenvalue weighted by atomic mass is 9.89. The van der Waals surface area contributed by atoms with Crippen molar-refractivity contribution >= 4 is 12.1 Å². The van der Waals surface area contributed by atoms with Gasteiger partial charge in [-0.3, -0.25) is 9.78 Å². The third-order valence-corrected chi connectivity index (χ3v) is 4.16. The molecule has 1 atom stereocenters. The molecule has 0 aliphatic carbocycles. The first-order chi connectivity index (χ1) is 12.3. The van der Waals surface area contributed by atoms with Crippen LogP contribution in [0.4, 0.5) is 0 Å². The van der Waals surface area contributed by atoms with E-state index in [1.807, 2.05) is 55.0 Å². The van der Waals surface area contributed by atoms with Crippen molar-refractivity contribution < 1.29 is 4.79 Å². The lowest BCUT2D eigenvalue weighted by Crippen LogP contribution is -2.12. The predicted octanol–water partition coefficient (Wildman–Crippen LogP) is 3.44. The fourth-order valence-electron chi connectivity index (χ4n) is 2.88. The van der Waals surface area contributed by atoms with Crippen molar-refractivity contribution in [3.8, 4) is 0 Å². The largest absolute Gasteiger partial charge is 0.362 e. The molecule has 2 rings (SSSR count). The number of amides is 1. The highest BCUT2D eigenvalue weighted by atomic mass is 16.1. The molecule has 5 heteroatoms. The van der Waals surface area contributed by atoms with Gasteiger partial charge in [0.15, 0.2) is 0 Å². The normalized spacial score (nSPS) is 15.6. The van der Waals surface area contributed by atoms with Crippen molar-refractivity contribution in [1.29, 1.82) is 5.41 Å². The van der Waals surface area contributed by atoms with Crippen LogP contribution in [0.2, 0.25) is 0 Å². The molecule has 0 saturated heterocycles. The summed E-state index contributed by atoms with van der Waals surface area (Å²) >= 11 is 0. The average molecular weight is 338 g/mol. The number of pyridine rings is 1. The highest BCUT2D eigenvalue weighted by molar-refractivity contribution is 5.93. The number of nitrogens with one attached hydrogen (secondary N) is 3. The van der Waals surface area contributed by atoms with Crippen LogP contribution in [0.25, 0.3) is 0 Å². The highest BCUT2D eigenvalue weighted by Gasteiger charge is 2.13. The molecule has 25 heavy (non-hydrogen) atoms. The van der Waals surface area contributed by atoms with E-state index in [4.69, 9.17) is 5.41 Å². The zero-order valence-corrected chi connectivity index (χ0v) is 14.4. The predicted molar refractivity (Wildman–Crippen MR) is 101 cm³/mol. The van der Waals surface area contributed by atoms with Gasteiger partial charge in [-0.1, -0.05) is 18.9 Å². The van der Waals surface area contributed by atoms with Crippen molar-refractivity contribution in [2.75, 3.05) is 6.54 Å². The Balaban J connectivity index is 1.90. The number of carbonyl (C=O) groups is 1. The van der Waals surface area contributed by atoms with Crippen molar-refractivity contribution in [2.45, 2.75) is 38.0 Å². The Labute approximate surface area is 149 Å². The van der Waals surface area contributed by atoms with Crippen LogP contribution in [-0.2, 0) is 4.79 Å². The first-order valence-electron chi connectivity index (χ1n) is 8.75. The SMILES string of the molecule is N=C(/C=C1/C=CC=CN1)CC(CCCCCNC=O)c1ccncc1. The fraction of sp³-hybridized carbons (Fsp3) is 0.350. The van der Waals surface area contributed by atoms with E-state index in [0.717, 1.165) is 44.3 Å². The molecule has 1 unspecified atom stereocenters. The summed E-state index contributed by atoms with van der Waals surface area (Å²) in [7, 11) is 0. The minimum atomic E-state index is 0.314. The van der Waals surface area contributed by atoms with Crippen LogP contribution in [0.1, 0.15) is 43.6 Å².